The first-order valence-corrected chi connectivity index (χ1v) is 11.6. The third-order valence-corrected chi connectivity index (χ3v) is 7.36. The Morgan fingerprint density at radius 2 is 1.97 bits per heavy atom. The summed E-state index contributed by atoms with van der Waals surface area (Å²) < 4.78 is 5.23. The molecule has 2 N–H and O–H groups in total. The van der Waals surface area contributed by atoms with Crippen LogP contribution in [-0.4, -0.2) is 45.7 Å². The molecular formula is C23H29N4O2S+. The van der Waals surface area contributed by atoms with Gasteiger partial charge in [-0.3, -0.25) is 4.79 Å². The predicted molar refractivity (Wildman–Crippen MR) is 120 cm³/mol. The number of nitriles is 1. The van der Waals surface area contributed by atoms with E-state index in [-0.39, 0.29) is 5.91 Å². The van der Waals surface area contributed by atoms with Crippen LogP contribution in [0.4, 0.5) is 10.7 Å². The second-order valence-electron chi connectivity index (χ2n) is 8.01. The van der Waals surface area contributed by atoms with Gasteiger partial charge in [-0.25, -0.2) is 0 Å². The lowest BCUT2D eigenvalue weighted by Crippen LogP contribution is -3.15. The van der Waals surface area contributed by atoms with Gasteiger partial charge in [0.25, 0.3) is 0 Å². The molecule has 6 nitrogen and oxygen atoms in total. The van der Waals surface area contributed by atoms with E-state index < -0.39 is 0 Å². The number of rotatable bonds is 6. The molecule has 0 unspecified atom stereocenters. The number of quaternary nitrogens is 1. The number of anilines is 2. The minimum Gasteiger partial charge on any atom is -0.497 e. The van der Waals surface area contributed by atoms with Gasteiger partial charge in [0.15, 0.2) is 0 Å². The number of nitrogens with one attached hydrogen (secondary N) is 2. The Hall–Kier alpha value is -2.56. The summed E-state index contributed by atoms with van der Waals surface area (Å²) in [4.78, 5) is 17.7. The molecule has 7 heteroatoms. The Labute approximate surface area is 182 Å². The zero-order valence-electron chi connectivity index (χ0n) is 17.5. The summed E-state index contributed by atoms with van der Waals surface area (Å²) in [7, 11) is 1.68. The molecule has 1 fully saturated rings. The molecule has 2 aromatic rings. The van der Waals surface area contributed by atoms with Gasteiger partial charge >= 0.3 is 0 Å². The normalized spacial score (nSPS) is 16.6. The largest absolute Gasteiger partial charge is 0.497 e. The molecule has 4 rings (SSSR count). The third-order valence-electron chi connectivity index (χ3n) is 6.15. The summed E-state index contributed by atoms with van der Waals surface area (Å²) in [5.41, 5.74) is 3.09. The van der Waals surface area contributed by atoms with E-state index in [4.69, 9.17) is 4.74 Å². The van der Waals surface area contributed by atoms with Crippen LogP contribution in [0.5, 0.6) is 5.75 Å². The summed E-state index contributed by atoms with van der Waals surface area (Å²) in [6.45, 7) is 4.85. The average molecular weight is 426 g/mol. The van der Waals surface area contributed by atoms with E-state index >= 15 is 0 Å². The molecule has 0 saturated carbocycles. The molecule has 1 aromatic heterocycles. The van der Waals surface area contributed by atoms with E-state index in [0.29, 0.717) is 12.0 Å². The van der Waals surface area contributed by atoms with Gasteiger partial charge in [-0.15, -0.1) is 11.3 Å². The van der Waals surface area contributed by atoms with E-state index in [9.17, 15) is 10.1 Å². The molecule has 0 radical (unpaired) electrons. The van der Waals surface area contributed by atoms with Crippen LogP contribution in [0.15, 0.2) is 24.3 Å². The van der Waals surface area contributed by atoms with Crippen LogP contribution < -0.4 is 19.9 Å². The Morgan fingerprint density at radius 1 is 1.23 bits per heavy atom. The standard InChI is InChI=1S/C23H28N4O2S/c1-29-18-8-6-17(7-9-18)27-14-12-26(13-15-27)11-10-22(28)25-23-20(16-24)19-4-2-3-5-21(19)30-23/h6-9H,2-5,10-15H2,1H3,(H,25,28)/p+1. The van der Waals surface area contributed by atoms with Crippen molar-refractivity contribution in [1.82, 2.24) is 0 Å². The lowest BCUT2D eigenvalue weighted by molar-refractivity contribution is -0.900. The smallest absolute Gasteiger partial charge is 0.230 e. The van der Waals surface area contributed by atoms with Crippen LogP contribution in [0.1, 0.15) is 35.3 Å². The van der Waals surface area contributed by atoms with Crippen molar-refractivity contribution >= 4 is 27.9 Å². The zero-order valence-corrected chi connectivity index (χ0v) is 18.3. The molecule has 1 aliphatic heterocycles. The van der Waals surface area contributed by atoms with E-state index in [0.717, 1.165) is 62.7 Å². The molecule has 0 spiro atoms. The van der Waals surface area contributed by atoms with Crippen LogP contribution in [0.25, 0.3) is 0 Å². The first-order valence-electron chi connectivity index (χ1n) is 10.7. The molecule has 0 atom stereocenters. The molecule has 158 valence electrons. The third kappa shape index (κ3) is 4.61. The highest BCUT2D eigenvalue weighted by molar-refractivity contribution is 7.16. The molecule has 1 amide bonds. The maximum atomic E-state index is 12.5. The van der Waals surface area contributed by atoms with E-state index in [1.807, 2.05) is 12.1 Å². The number of fused-ring (bicyclic) bond motifs is 1. The zero-order chi connectivity index (χ0) is 20.9. The molecular weight excluding hydrogens is 396 g/mol. The minimum atomic E-state index is 0.0233. The van der Waals surface area contributed by atoms with Gasteiger partial charge in [-0.2, -0.15) is 5.26 Å². The van der Waals surface area contributed by atoms with Crippen LogP contribution in [0.3, 0.4) is 0 Å². The fraction of sp³-hybridized carbons (Fsp3) is 0.478. The molecule has 1 aliphatic carbocycles. The maximum Gasteiger partial charge on any atom is 0.230 e. The molecule has 0 bridgehead atoms. The monoisotopic (exact) mass is 425 g/mol. The van der Waals surface area contributed by atoms with Crippen molar-refractivity contribution < 1.29 is 14.4 Å². The van der Waals surface area contributed by atoms with E-state index in [2.05, 4.69) is 28.4 Å². The number of benzene rings is 1. The topological polar surface area (TPSA) is 69.8 Å². The number of carbonyl (C=O) groups is 1. The molecule has 1 aromatic carbocycles. The number of piperazine rings is 1. The Kier molecular flexibility index (Phi) is 6.56. The highest BCUT2D eigenvalue weighted by atomic mass is 32.1. The summed E-state index contributed by atoms with van der Waals surface area (Å²) >= 11 is 1.60. The van der Waals surface area contributed by atoms with Crippen molar-refractivity contribution in [2.75, 3.05) is 50.1 Å². The van der Waals surface area contributed by atoms with Gasteiger partial charge in [0.2, 0.25) is 5.91 Å². The predicted octanol–water partition coefficient (Wildman–Crippen LogP) is 2.24. The molecule has 2 heterocycles. The van der Waals surface area contributed by atoms with Crippen molar-refractivity contribution in [3.05, 3.63) is 40.3 Å². The van der Waals surface area contributed by atoms with Gasteiger partial charge in [-0.1, -0.05) is 0 Å². The average Bonchev–Trinajstić information content (AvgIpc) is 3.15. The molecule has 2 aliphatic rings. The Bertz CT molecular complexity index is 924. The van der Waals surface area contributed by atoms with Crippen molar-refractivity contribution in [2.24, 2.45) is 0 Å². The number of hydrogen-bond donors (Lipinski definition) is 2. The quantitative estimate of drug-likeness (QED) is 0.745. The first-order chi connectivity index (χ1) is 14.7. The molecule has 30 heavy (non-hydrogen) atoms. The lowest BCUT2D eigenvalue weighted by Gasteiger charge is -2.33. The van der Waals surface area contributed by atoms with Crippen molar-refractivity contribution in [3.8, 4) is 11.8 Å². The van der Waals surface area contributed by atoms with Crippen molar-refractivity contribution in [3.63, 3.8) is 0 Å². The summed E-state index contributed by atoms with van der Waals surface area (Å²) in [5.74, 6) is 0.898. The second kappa shape index (κ2) is 9.50. The maximum absolute atomic E-state index is 12.5. The summed E-state index contributed by atoms with van der Waals surface area (Å²) in [5, 5.41) is 13.3. The number of nitrogens with zero attached hydrogens (tertiary/aromatic N) is 2. The Morgan fingerprint density at radius 3 is 2.67 bits per heavy atom. The Balaban J connectivity index is 1.25. The molecule has 1 saturated heterocycles. The van der Waals surface area contributed by atoms with Crippen molar-refractivity contribution in [1.29, 1.82) is 5.26 Å². The van der Waals surface area contributed by atoms with Gasteiger partial charge in [0.05, 0.1) is 51.8 Å². The highest BCUT2D eigenvalue weighted by Crippen LogP contribution is 2.37. The summed E-state index contributed by atoms with van der Waals surface area (Å²) in [6.07, 6.45) is 4.81. The first kappa shape index (κ1) is 20.7. The number of amides is 1. The second-order valence-corrected chi connectivity index (χ2v) is 9.12. The minimum absolute atomic E-state index is 0.0233. The SMILES string of the molecule is COc1ccc(N2CC[NH+](CCC(=O)Nc3sc4c(c3C#N)CCCC4)CC2)cc1. The number of aryl methyl sites for hydroxylation is 1. The number of carbonyl (C=O) groups excluding carboxylic acids is 1. The number of ether oxygens (including phenoxy) is 1. The van der Waals surface area contributed by atoms with Gasteiger partial charge in [0.1, 0.15) is 16.8 Å². The fourth-order valence-electron chi connectivity index (χ4n) is 4.38. The fourth-order valence-corrected chi connectivity index (χ4v) is 5.63. The van der Waals surface area contributed by atoms with Crippen molar-refractivity contribution in [2.45, 2.75) is 32.1 Å². The van der Waals surface area contributed by atoms with Gasteiger partial charge in [-0.05, 0) is 55.5 Å². The number of thiophene rings is 1. The van der Waals surface area contributed by atoms with Crippen LogP contribution in [0, 0.1) is 11.3 Å². The van der Waals surface area contributed by atoms with Gasteiger partial charge < -0.3 is 19.9 Å². The van der Waals surface area contributed by atoms with Crippen LogP contribution >= 0.6 is 11.3 Å². The van der Waals surface area contributed by atoms with E-state index in [1.165, 1.54) is 27.4 Å². The number of hydrogen-bond acceptors (Lipinski definition) is 5. The van der Waals surface area contributed by atoms with Gasteiger partial charge in [0, 0.05) is 10.6 Å². The lowest BCUT2D eigenvalue weighted by atomic mass is 9.96. The highest BCUT2D eigenvalue weighted by Gasteiger charge is 2.23. The summed E-state index contributed by atoms with van der Waals surface area (Å²) in [6, 6.07) is 10.5. The van der Waals surface area contributed by atoms with Crippen LogP contribution in [0.2, 0.25) is 0 Å². The van der Waals surface area contributed by atoms with E-state index in [1.54, 1.807) is 18.4 Å². The number of methoxy groups -OCH3 is 1. The van der Waals surface area contributed by atoms with Crippen LogP contribution in [-0.2, 0) is 17.6 Å².